The van der Waals surface area contributed by atoms with Gasteiger partial charge in [0.05, 0.1) is 5.60 Å². The Hall–Kier alpha value is -1.02. The predicted octanol–water partition coefficient (Wildman–Crippen LogP) is 1.97. The zero-order chi connectivity index (χ0) is 11.8. The molecule has 18 heavy (non-hydrogen) atoms. The van der Waals surface area contributed by atoms with Crippen LogP contribution >= 0.6 is 0 Å². The maximum Gasteiger partial charge on any atom is 0.121 e. The van der Waals surface area contributed by atoms with Gasteiger partial charge in [-0.25, -0.2) is 0 Å². The van der Waals surface area contributed by atoms with Crippen LogP contribution in [0.15, 0.2) is 24.3 Å². The molecule has 0 aromatic heterocycles. The molecular formula is C16H16O2. The van der Waals surface area contributed by atoms with Gasteiger partial charge in [-0.1, -0.05) is 18.2 Å². The summed E-state index contributed by atoms with van der Waals surface area (Å²) < 4.78 is 0. The third-order valence-corrected chi connectivity index (χ3v) is 7.42. The molecular weight excluding hydrogens is 224 g/mol. The van der Waals surface area contributed by atoms with Crippen LogP contribution in [0.1, 0.15) is 12.0 Å². The summed E-state index contributed by atoms with van der Waals surface area (Å²) >= 11 is 0. The van der Waals surface area contributed by atoms with Crippen molar-refractivity contribution in [2.45, 2.75) is 12.0 Å². The van der Waals surface area contributed by atoms with Gasteiger partial charge >= 0.3 is 0 Å². The molecule has 1 aromatic rings. The smallest absolute Gasteiger partial charge is 0.121 e. The third-order valence-electron chi connectivity index (χ3n) is 7.42. The fourth-order valence-corrected chi connectivity index (χ4v) is 7.41. The Morgan fingerprint density at radius 1 is 0.944 bits per heavy atom. The highest BCUT2D eigenvalue weighted by molar-refractivity contribution is 5.47. The predicted molar refractivity (Wildman–Crippen MR) is 64.5 cm³/mol. The van der Waals surface area contributed by atoms with E-state index in [1.807, 2.05) is 18.2 Å². The molecule has 92 valence electrons. The van der Waals surface area contributed by atoms with E-state index in [0.29, 0.717) is 17.6 Å². The van der Waals surface area contributed by atoms with Crippen LogP contribution in [0, 0.1) is 47.3 Å². The van der Waals surface area contributed by atoms with Gasteiger partial charge in [0.2, 0.25) is 0 Å². The SMILES string of the molecule is Oc1ccccc1C1(O)C2[C@H]3C4CC5[C@H]3C1[C@H]5[C@@H]42. The monoisotopic (exact) mass is 240 g/mol. The van der Waals surface area contributed by atoms with E-state index in [0.717, 1.165) is 41.1 Å². The van der Waals surface area contributed by atoms with Gasteiger partial charge in [0.1, 0.15) is 5.75 Å². The molecule has 0 amide bonds. The van der Waals surface area contributed by atoms with Crippen molar-refractivity contribution in [3.8, 4) is 5.75 Å². The van der Waals surface area contributed by atoms with Crippen LogP contribution in [-0.2, 0) is 5.60 Å². The molecule has 6 aliphatic carbocycles. The van der Waals surface area contributed by atoms with Gasteiger partial charge < -0.3 is 10.2 Å². The first-order valence-electron chi connectivity index (χ1n) is 7.25. The fraction of sp³-hybridized carbons (Fsp3) is 0.625. The van der Waals surface area contributed by atoms with Crippen LogP contribution in [0.25, 0.3) is 0 Å². The molecule has 6 aliphatic rings. The summed E-state index contributed by atoms with van der Waals surface area (Å²) in [7, 11) is 0. The lowest BCUT2D eigenvalue weighted by Gasteiger charge is -2.58. The highest BCUT2D eigenvalue weighted by Crippen LogP contribution is 2.92. The summed E-state index contributed by atoms with van der Waals surface area (Å²) in [5, 5.41) is 21.4. The minimum Gasteiger partial charge on any atom is -0.508 e. The van der Waals surface area contributed by atoms with Crippen molar-refractivity contribution in [1.82, 2.24) is 0 Å². The van der Waals surface area contributed by atoms with Crippen LogP contribution in [0.4, 0.5) is 0 Å². The summed E-state index contributed by atoms with van der Waals surface area (Å²) in [5.41, 5.74) is 0.127. The van der Waals surface area contributed by atoms with Crippen LogP contribution < -0.4 is 0 Å². The van der Waals surface area contributed by atoms with Crippen LogP contribution in [-0.4, -0.2) is 10.2 Å². The van der Waals surface area contributed by atoms with E-state index in [9.17, 15) is 10.2 Å². The first-order valence-corrected chi connectivity index (χ1v) is 7.25. The lowest BCUT2D eigenvalue weighted by Crippen LogP contribution is -2.56. The molecule has 5 unspecified atom stereocenters. The molecule has 6 saturated carbocycles. The number of phenols is 1. The maximum absolute atomic E-state index is 11.3. The van der Waals surface area contributed by atoms with Crippen LogP contribution in [0.2, 0.25) is 0 Å². The van der Waals surface area contributed by atoms with E-state index in [1.54, 1.807) is 6.07 Å². The van der Waals surface area contributed by atoms with E-state index in [-0.39, 0.29) is 0 Å². The number of benzene rings is 1. The minimum atomic E-state index is -0.691. The topological polar surface area (TPSA) is 40.5 Å². The molecule has 0 aliphatic heterocycles. The molecule has 2 N–H and O–H groups in total. The first kappa shape index (κ1) is 8.98. The second-order valence-electron chi connectivity index (χ2n) is 7.27. The summed E-state index contributed by atoms with van der Waals surface area (Å²) in [6.07, 6.45) is 1.45. The van der Waals surface area contributed by atoms with E-state index >= 15 is 0 Å². The Balaban J connectivity index is 1.59. The highest BCUT2D eigenvalue weighted by Gasteiger charge is 2.91. The van der Waals surface area contributed by atoms with Gasteiger partial charge in [0, 0.05) is 5.56 Å². The average Bonchev–Trinajstić information content (AvgIpc) is 2.86. The second kappa shape index (κ2) is 2.24. The van der Waals surface area contributed by atoms with Crippen molar-refractivity contribution >= 4 is 0 Å². The minimum absolute atomic E-state index is 0.297. The van der Waals surface area contributed by atoms with Gasteiger partial charge in [-0.3, -0.25) is 0 Å². The summed E-state index contributed by atoms with van der Waals surface area (Å²) in [4.78, 5) is 0. The van der Waals surface area contributed by atoms with Gasteiger partial charge in [-0.05, 0) is 59.8 Å². The average molecular weight is 240 g/mol. The Morgan fingerprint density at radius 2 is 1.50 bits per heavy atom. The molecule has 7 rings (SSSR count). The third kappa shape index (κ3) is 0.565. The Bertz CT molecular complexity index is 549. The molecule has 0 spiro atoms. The normalized spacial score (nSPS) is 64.1. The lowest BCUT2D eigenvalue weighted by atomic mass is 9.45. The van der Waals surface area contributed by atoms with Crippen LogP contribution in [0.5, 0.6) is 5.75 Å². The Kier molecular flexibility index (Phi) is 1.12. The van der Waals surface area contributed by atoms with Crippen molar-refractivity contribution in [2.24, 2.45) is 47.3 Å². The van der Waals surface area contributed by atoms with Gasteiger partial charge in [-0.2, -0.15) is 0 Å². The van der Waals surface area contributed by atoms with E-state index < -0.39 is 5.60 Å². The Morgan fingerprint density at radius 3 is 2.06 bits per heavy atom. The summed E-state index contributed by atoms with van der Waals surface area (Å²) in [6, 6.07) is 7.46. The maximum atomic E-state index is 11.3. The quantitative estimate of drug-likeness (QED) is 0.788. The molecule has 4 bridgehead atoms. The zero-order valence-electron chi connectivity index (χ0n) is 10.0. The molecule has 0 saturated heterocycles. The second-order valence-corrected chi connectivity index (χ2v) is 7.27. The van der Waals surface area contributed by atoms with Gasteiger partial charge in [0.25, 0.3) is 0 Å². The number of aromatic hydroxyl groups is 1. The number of rotatable bonds is 1. The van der Waals surface area contributed by atoms with Gasteiger partial charge in [-0.15, -0.1) is 0 Å². The molecule has 6 fully saturated rings. The highest BCUT2D eigenvalue weighted by atomic mass is 16.3. The number of hydrogen-bond acceptors (Lipinski definition) is 2. The molecule has 2 nitrogen and oxygen atoms in total. The van der Waals surface area contributed by atoms with Crippen molar-refractivity contribution in [2.75, 3.05) is 0 Å². The van der Waals surface area contributed by atoms with Crippen molar-refractivity contribution in [1.29, 1.82) is 0 Å². The Labute approximate surface area is 106 Å². The van der Waals surface area contributed by atoms with Crippen molar-refractivity contribution in [3.63, 3.8) is 0 Å². The number of phenolic OH excluding ortho intramolecular Hbond substituents is 1. The molecule has 0 heterocycles. The molecule has 9 atom stereocenters. The van der Waals surface area contributed by atoms with E-state index in [4.69, 9.17) is 0 Å². The first-order chi connectivity index (χ1) is 8.74. The van der Waals surface area contributed by atoms with Crippen molar-refractivity contribution in [3.05, 3.63) is 29.8 Å². The number of hydrogen-bond donors (Lipinski definition) is 2. The fourth-order valence-electron chi connectivity index (χ4n) is 7.41. The summed E-state index contributed by atoms with van der Waals surface area (Å²) in [5.74, 6) is 6.27. The van der Waals surface area contributed by atoms with Crippen molar-refractivity contribution < 1.29 is 10.2 Å². The zero-order valence-corrected chi connectivity index (χ0v) is 10.0. The lowest BCUT2D eigenvalue weighted by molar-refractivity contribution is -0.127. The molecule has 0 radical (unpaired) electrons. The van der Waals surface area contributed by atoms with Crippen LogP contribution in [0.3, 0.4) is 0 Å². The largest absolute Gasteiger partial charge is 0.508 e. The number of para-hydroxylation sites is 1. The van der Waals surface area contributed by atoms with E-state index in [2.05, 4.69) is 0 Å². The number of aliphatic hydroxyl groups is 1. The molecule has 2 heteroatoms. The summed E-state index contributed by atoms with van der Waals surface area (Å²) in [6.45, 7) is 0. The van der Waals surface area contributed by atoms with E-state index in [1.165, 1.54) is 6.42 Å². The standard InChI is InChI=1S/C16H16O2/c17-9-4-2-1-3-8(9)16(18)14-10-6-5-7-12(10)15(16)13(7)11(6)14/h1-4,6-7,10-15,17-18H,5H2/t6?,7?,10-,11-,12-,13+,14?,15?,16?/m1/s1. The molecule has 1 aromatic carbocycles. The van der Waals surface area contributed by atoms with Gasteiger partial charge in [0.15, 0.2) is 0 Å².